The Labute approximate surface area is 122 Å². The maximum Gasteiger partial charge on any atom is 0.490 e. The van der Waals surface area contributed by atoms with Crippen molar-refractivity contribution in [2.45, 2.75) is 45.8 Å². The molecule has 0 amide bonds. The highest BCUT2D eigenvalue weighted by atomic mass is 16.7. The second-order valence-electron chi connectivity index (χ2n) is 6.11. The summed E-state index contributed by atoms with van der Waals surface area (Å²) in [5.41, 5.74) is 1.39. The molecule has 3 heteroatoms. The van der Waals surface area contributed by atoms with E-state index in [1.54, 1.807) is 0 Å². The number of hydrogen-bond acceptors (Lipinski definition) is 2. The summed E-state index contributed by atoms with van der Waals surface area (Å²) in [7, 11) is -0.315. The average Bonchev–Trinajstić information content (AvgIpc) is 2.60. The molecule has 20 heavy (non-hydrogen) atoms. The van der Waals surface area contributed by atoms with E-state index in [1.807, 2.05) is 43.3 Å². The van der Waals surface area contributed by atoms with Crippen molar-refractivity contribution in [1.29, 1.82) is 0 Å². The molecule has 0 bridgehead atoms. The Balaban J connectivity index is 2.08. The zero-order valence-corrected chi connectivity index (χ0v) is 12.9. The average molecular weight is 268 g/mol. The summed E-state index contributed by atoms with van der Waals surface area (Å²) < 4.78 is 11.9. The minimum absolute atomic E-state index is 0.306. The van der Waals surface area contributed by atoms with Gasteiger partial charge in [0.15, 0.2) is 0 Å². The van der Waals surface area contributed by atoms with Crippen molar-refractivity contribution in [3.63, 3.8) is 0 Å². The normalized spacial score (nSPS) is 20.4. The Hall–Kier alpha value is -1.50. The molecule has 0 unspecified atom stereocenters. The smallest absolute Gasteiger partial charge is 0.400 e. The van der Waals surface area contributed by atoms with E-state index < -0.39 is 0 Å². The second-order valence-corrected chi connectivity index (χ2v) is 6.11. The van der Waals surface area contributed by atoms with Gasteiger partial charge in [-0.2, -0.15) is 0 Å². The number of benzene rings is 1. The molecule has 0 aromatic heterocycles. The van der Waals surface area contributed by atoms with Crippen LogP contribution in [0.2, 0.25) is 0 Å². The van der Waals surface area contributed by atoms with Gasteiger partial charge in [-0.05, 0) is 58.3 Å². The standard InChI is InChI=1S/C17H21BO2/c1-14(10-9-13-15-11-7-6-8-12-15)18-19-16(2,3)17(4,5)20-18/h6-8,10-12H,1-5H3/b14-10-. The summed E-state index contributed by atoms with van der Waals surface area (Å²) in [5.74, 6) is 6.16. The topological polar surface area (TPSA) is 18.5 Å². The van der Waals surface area contributed by atoms with Gasteiger partial charge in [-0.15, -0.1) is 0 Å². The highest BCUT2D eigenvalue weighted by Gasteiger charge is 2.51. The molecule has 0 N–H and O–H groups in total. The quantitative estimate of drug-likeness (QED) is 0.572. The SMILES string of the molecule is C/C(=C/C#Cc1ccccc1)B1OC(C)(C)C(C)(C)O1. The van der Waals surface area contributed by atoms with Gasteiger partial charge in [0.2, 0.25) is 0 Å². The predicted molar refractivity (Wildman–Crippen MR) is 83.2 cm³/mol. The molecule has 0 saturated carbocycles. The van der Waals surface area contributed by atoms with E-state index in [1.165, 1.54) is 0 Å². The third-order valence-electron chi connectivity index (χ3n) is 3.92. The fourth-order valence-electron chi connectivity index (χ4n) is 1.85. The van der Waals surface area contributed by atoms with Crippen molar-refractivity contribution in [2.24, 2.45) is 0 Å². The first-order valence-corrected chi connectivity index (χ1v) is 6.91. The highest BCUT2D eigenvalue weighted by Crippen LogP contribution is 2.38. The third kappa shape index (κ3) is 3.15. The Morgan fingerprint density at radius 3 is 2.15 bits per heavy atom. The molecule has 1 aromatic carbocycles. The van der Waals surface area contributed by atoms with Gasteiger partial charge < -0.3 is 9.31 Å². The minimum atomic E-state index is -0.315. The zero-order chi connectivity index (χ0) is 14.8. The van der Waals surface area contributed by atoms with Crippen molar-refractivity contribution in [3.8, 4) is 11.8 Å². The molecule has 0 spiro atoms. The van der Waals surface area contributed by atoms with E-state index in [4.69, 9.17) is 9.31 Å². The molecule has 1 saturated heterocycles. The van der Waals surface area contributed by atoms with Crippen LogP contribution in [-0.4, -0.2) is 18.3 Å². The lowest BCUT2D eigenvalue weighted by Gasteiger charge is -2.32. The van der Waals surface area contributed by atoms with Gasteiger partial charge in [0, 0.05) is 5.56 Å². The lowest BCUT2D eigenvalue weighted by Crippen LogP contribution is -2.41. The van der Waals surface area contributed by atoms with Crippen LogP contribution in [0, 0.1) is 11.8 Å². The van der Waals surface area contributed by atoms with E-state index in [2.05, 4.69) is 39.5 Å². The first-order chi connectivity index (χ1) is 9.32. The van der Waals surface area contributed by atoms with E-state index in [-0.39, 0.29) is 18.3 Å². The zero-order valence-electron chi connectivity index (χ0n) is 12.9. The first-order valence-electron chi connectivity index (χ1n) is 6.91. The van der Waals surface area contributed by atoms with Gasteiger partial charge in [0.05, 0.1) is 11.2 Å². The molecular weight excluding hydrogens is 247 g/mol. The maximum atomic E-state index is 5.97. The molecule has 1 aliphatic heterocycles. The van der Waals surface area contributed by atoms with Gasteiger partial charge in [0.1, 0.15) is 0 Å². The highest BCUT2D eigenvalue weighted by molar-refractivity contribution is 6.54. The lowest BCUT2D eigenvalue weighted by molar-refractivity contribution is 0.00578. The number of hydrogen-bond donors (Lipinski definition) is 0. The molecule has 2 rings (SSSR count). The third-order valence-corrected chi connectivity index (χ3v) is 3.92. The van der Waals surface area contributed by atoms with Gasteiger partial charge in [0.25, 0.3) is 0 Å². The molecule has 0 radical (unpaired) electrons. The predicted octanol–water partition coefficient (Wildman–Crippen LogP) is 3.62. The van der Waals surface area contributed by atoms with Crippen LogP contribution < -0.4 is 0 Å². The number of rotatable bonds is 1. The van der Waals surface area contributed by atoms with Crippen molar-refractivity contribution in [1.82, 2.24) is 0 Å². The molecule has 0 aliphatic carbocycles. The molecule has 1 aromatic rings. The van der Waals surface area contributed by atoms with Crippen molar-refractivity contribution in [3.05, 3.63) is 47.4 Å². The number of allylic oxidation sites excluding steroid dienone is 2. The fourth-order valence-corrected chi connectivity index (χ4v) is 1.85. The van der Waals surface area contributed by atoms with Crippen molar-refractivity contribution < 1.29 is 9.31 Å². The van der Waals surface area contributed by atoms with Gasteiger partial charge >= 0.3 is 7.12 Å². The first kappa shape index (κ1) is 14.9. The van der Waals surface area contributed by atoms with Crippen molar-refractivity contribution in [2.75, 3.05) is 0 Å². The summed E-state index contributed by atoms with van der Waals surface area (Å²) in [6.45, 7) is 10.2. The van der Waals surface area contributed by atoms with Crippen LogP contribution in [0.25, 0.3) is 0 Å². The Morgan fingerprint density at radius 2 is 1.60 bits per heavy atom. The molecule has 1 fully saturated rings. The molecule has 2 nitrogen and oxygen atoms in total. The van der Waals surface area contributed by atoms with Crippen LogP contribution in [0.4, 0.5) is 0 Å². The largest absolute Gasteiger partial charge is 0.490 e. The van der Waals surface area contributed by atoms with Gasteiger partial charge in [-0.25, -0.2) is 0 Å². The van der Waals surface area contributed by atoms with Gasteiger partial charge in [-0.1, -0.05) is 30.0 Å². The second kappa shape index (κ2) is 5.48. The van der Waals surface area contributed by atoms with E-state index in [0.717, 1.165) is 11.0 Å². The summed E-state index contributed by atoms with van der Waals surface area (Å²) in [6.07, 6.45) is 1.87. The Kier molecular flexibility index (Phi) is 4.08. The van der Waals surface area contributed by atoms with E-state index >= 15 is 0 Å². The Morgan fingerprint density at radius 1 is 1.05 bits per heavy atom. The summed E-state index contributed by atoms with van der Waals surface area (Å²) in [5, 5.41) is 0. The van der Waals surface area contributed by atoms with Crippen molar-refractivity contribution >= 4 is 7.12 Å². The molecule has 0 atom stereocenters. The Bertz CT molecular complexity index is 546. The van der Waals surface area contributed by atoms with Crippen LogP contribution in [0.5, 0.6) is 0 Å². The van der Waals surface area contributed by atoms with E-state index in [9.17, 15) is 0 Å². The molecule has 104 valence electrons. The maximum absolute atomic E-state index is 5.97. The molecular formula is C17H21BO2. The van der Waals surface area contributed by atoms with Gasteiger partial charge in [-0.3, -0.25) is 0 Å². The molecule has 1 aliphatic rings. The van der Waals surface area contributed by atoms with Crippen LogP contribution in [0.15, 0.2) is 41.9 Å². The van der Waals surface area contributed by atoms with Crippen LogP contribution in [0.3, 0.4) is 0 Å². The summed E-state index contributed by atoms with van der Waals surface area (Å²) >= 11 is 0. The fraction of sp³-hybridized carbons (Fsp3) is 0.412. The van der Waals surface area contributed by atoms with E-state index in [0.29, 0.717) is 0 Å². The monoisotopic (exact) mass is 268 g/mol. The minimum Gasteiger partial charge on any atom is -0.400 e. The summed E-state index contributed by atoms with van der Waals surface area (Å²) in [6, 6.07) is 9.93. The molecule has 1 heterocycles. The summed E-state index contributed by atoms with van der Waals surface area (Å²) in [4.78, 5) is 0. The lowest BCUT2D eigenvalue weighted by atomic mass is 9.79. The van der Waals surface area contributed by atoms with Crippen LogP contribution in [-0.2, 0) is 9.31 Å². The van der Waals surface area contributed by atoms with Crippen LogP contribution >= 0.6 is 0 Å². The van der Waals surface area contributed by atoms with Crippen LogP contribution in [0.1, 0.15) is 40.2 Å².